The smallest absolute Gasteiger partial charge is 0.269 e. The van der Waals surface area contributed by atoms with Gasteiger partial charge in [-0.15, -0.1) is 0 Å². The number of rotatable bonds is 8. The van der Waals surface area contributed by atoms with Crippen molar-refractivity contribution in [2.45, 2.75) is 18.9 Å². The van der Waals surface area contributed by atoms with Crippen LogP contribution in [0, 0.1) is 10.1 Å². The second-order valence-corrected chi connectivity index (χ2v) is 6.26. The van der Waals surface area contributed by atoms with Crippen LogP contribution in [0.2, 0.25) is 0 Å². The molecule has 1 amide bonds. The number of hydrogen-bond acceptors (Lipinski definition) is 6. The van der Waals surface area contributed by atoms with Crippen LogP contribution < -0.4 is 5.43 Å². The number of non-ortho nitro benzene ring substituents is 1. The summed E-state index contributed by atoms with van der Waals surface area (Å²) in [4.78, 5) is 22.1. The molecule has 1 aromatic heterocycles. The molecule has 1 heterocycles. The van der Waals surface area contributed by atoms with Gasteiger partial charge in [-0.1, -0.05) is 30.3 Å². The molecule has 8 heteroatoms. The van der Waals surface area contributed by atoms with Crippen LogP contribution >= 0.6 is 0 Å². The van der Waals surface area contributed by atoms with E-state index in [4.69, 9.17) is 4.42 Å². The molecule has 29 heavy (non-hydrogen) atoms. The van der Waals surface area contributed by atoms with Gasteiger partial charge in [-0.3, -0.25) is 14.9 Å². The number of nitro groups is 1. The lowest BCUT2D eigenvalue weighted by Gasteiger charge is -2.09. The number of carbonyl (C=O) groups is 1. The first kappa shape index (κ1) is 20.0. The van der Waals surface area contributed by atoms with E-state index in [-0.39, 0.29) is 24.4 Å². The molecule has 0 unspecified atom stereocenters. The van der Waals surface area contributed by atoms with Gasteiger partial charge in [-0.25, -0.2) is 5.43 Å². The van der Waals surface area contributed by atoms with E-state index in [1.807, 2.05) is 18.2 Å². The second-order valence-electron chi connectivity index (χ2n) is 6.26. The van der Waals surface area contributed by atoms with E-state index >= 15 is 0 Å². The number of nitrogens with one attached hydrogen (secondary N) is 1. The molecule has 0 aliphatic rings. The quantitative estimate of drug-likeness (QED) is 0.343. The van der Waals surface area contributed by atoms with E-state index in [0.29, 0.717) is 17.1 Å². The number of nitro benzene ring substituents is 1. The van der Waals surface area contributed by atoms with E-state index < -0.39 is 11.0 Å². The zero-order valence-corrected chi connectivity index (χ0v) is 15.4. The maximum atomic E-state index is 11.9. The van der Waals surface area contributed by atoms with Crippen LogP contribution in [0.3, 0.4) is 0 Å². The summed E-state index contributed by atoms with van der Waals surface area (Å²) in [6.45, 7) is 0. The number of furan rings is 1. The van der Waals surface area contributed by atoms with Crippen molar-refractivity contribution in [3.63, 3.8) is 0 Å². The summed E-state index contributed by atoms with van der Waals surface area (Å²) in [7, 11) is 0. The van der Waals surface area contributed by atoms with Gasteiger partial charge in [-0.2, -0.15) is 5.10 Å². The largest absolute Gasteiger partial charge is 0.455 e. The summed E-state index contributed by atoms with van der Waals surface area (Å²) in [5.41, 5.74) is 3.84. The van der Waals surface area contributed by atoms with Crippen LogP contribution in [-0.2, 0) is 4.79 Å². The van der Waals surface area contributed by atoms with E-state index in [1.54, 1.807) is 36.4 Å². The zero-order chi connectivity index (χ0) is 20.6. The third kappa shape index (κ3) is 5.60. The van der Waals surface area contributed by atoms with E-state index in [9.17, 15) is 20.0 Å². The number of nitrogens with zero attached hydrogens (tertiary/aromatic N) is 2. The molecular weight excluding hydrogens is 374 g/mol. The van der Waals surface area contributed by atoms with Gasteiger partial charge in [0.2, 0.25) is 5.91 Å². The molecule has 3 rings (SSSR count). The number of aliphatic hydroxyl groups is 1. The fraction of sp³-hybridized carbons (Fsp3) is 0.143. The molecule has 0 aliphatic heterocycles. The first-order valence-corrected chi connectivity index (χ1v) is 8.92. The Balaban J connectivity index is 1.49. The Morgan fingerprint density at radius 3 is 2.55 bits per heavy atom. The predicted molar refractivity (Wildman–Crippen MR) is 107 cm³/mol. The summed E-state index contributed by atoms with van der Waals surface area (Å²) < 4.78 is 5.60. The molecule has 1 atom stereocenters. The molecule has 0 bridgehead atoms. The predicted octanol–water partition coefficient (Wildman–Crippen LogP) is 3.82. The van der Waals surface area contributed by atoms with Crippen LogP contribution in [0.25, 0.3) is 11.3 Å². The number of amides is 1. The molecule has 0 fully saturated rings. The highest BCUT2D eigenvalue weighted by atomic mass is 16.6. The van der Waals surface area contributed by atoms with Crippen LogP contribution in [-0.4, -0.2) is 22.2 Å². The Morgan fingerprint density at radius 2 is 1.86 bits per heavy atom. The molecule has 2 N–H and O–H groups in total. The summed E-state index contributed by atoms with van der Waals surface area (Å²) in [5.74, 6) is 0.625. The first-order chi connectivity index (χ1) is 14.0. The molecular formula is C21H19N3O5. The lowest BCUT2D eigenvalue weighted by atomic mass is 10.1. The highest BCUT2D eigenvalue weighted by Crippen LogP contribution is 2.24. The van der Waals surface area contributed by atoms with Crippen molar-refractivity contribution in [1.82, 2.24) is 5.43 Å². The Hall–Kier alpha value is -3.78. The van der Waals surface area contributed by atoms with Crippen molar-refractivity contribution in [1.29, 1.82) is 0 Å². The third-order valence-corrected chi connectivity index (χ3v) is 4.20. The van der Waals surface area contributed by atoms with Gasteiger partial charge in [0.05, 0.1) is 17.2 Å². The van der Waals surface area contributed by atoms with Crippen molar-refractivity contribution in [2.75, 3.05) is 0 Å². The molecule has 0 saturated carbocycles. The van der Waals surface area contributed by atoms with Crippen molar-refractivity contribution >= 4 is 17.8 Å². The standard InChI is InChI=1S/C21H19N3O5/c25-19(15-4-2-1-3-5-15)11-13-21(26)23-22-14-18-10-12-20(29-18)16-6-8-17(9-7-16)24(27)28/h1-10,12,14,19,25H,11,13H2,(H,23,26)/b22-14-/t19-/m1/s1. The molecule has 0 saturated heterocycles. The minimum absolute atomic E-state index is 0.00203. The van der Waals surface area contributed by atoms with Gasteiger partial charge in [0.1, 0.15) is 11.5 Å². The van der Waals surface area contributed by atoms with Gasteiger partial charge in [-0.05, 0) is 36.2 Å². The van der Waals surface area contributed by atoms with Crippen molar-refractivity contribution in [2.24, 2.45) is 5.10 Å². The van der Waals surface area contributed by atoms with Crippen LogP contribution in [0.4, 0.5) is 5.69 Å². The molecule has 0 aliphatic carbocycles. The van der Waals surface area contributed by atoms with E-state index in [1.165, 1.54) is 18.3 Å². The Labute approximate surface area is 166 Å². The van der Waals surface area contributed by atoms with Crippen molar-refractivity contribution < 1.29 is 19.2 Å². The highest BCUT2D eigenvalue weighted by molar-refractivity contribution is 5.81. The first-order valence-electron chi connectivity index (χ1n) is 8.92. The zero-order valence-electron chi connectivity index (χ0n) is 15.4. The highest BCUT2D eigenvalue weighted by Gasteiger charge is 2.10. The maximum absolute atomic E-state index is 11.9. The maximum Gasteiger partial charge on any atom is 0.269 e. The van der Waals surface area contributed by atoms with E-state index in [0.717, 1.165) is 5.56 Å². The number of benzene rings is 2. The lowest BCUT2D eigenvalue weighted by molar-refractivity contribution is -0.384. The van der Waals surface area contributed by atoms with Crippen molar-refractivity contribution in [3.05, 3.63) is 88.2 Å². The topological polar surface area (TPSA) is 118 Å². The third-order valence-electron chi connectivity index (χ3n) is 4.20. The fourth-order valence-electron chi connectivity index (χ4n) is 2.66. The molecule has 0 radical (unpaired) electrons. The summed E-state index contributed by atoms with van der Waals surface area (Å²) in [6, 6.07) is 18.5. The monoisotopic (exact) mass is 393 g/mol. The number of hydrogen-bond donors (Lipinski definition) is 2. The molecule has 8 nitrogen and oxygen atoms in total. The molecule has 0 spiro atoms. The van der Waals surface area contributed by atoms with Gasteiger partial charge >= 0.3 is 0 Å². The van der Waals surface area contributed by atoms with Gasteiger partial charge in [0, 0.05) is 24.1 Å². The number of aliphatic hydroxyl groups excluding tert-OH is 1. The normalized spacial score (nSPS) is 12.0. The van der Waals surface area contributed by atoms with E-state index in [2.05, 4.69) is 10.5 Å². The molecule has 3 aromatic rings. The fourth-order valence-corrected chi connectivity index (χ4v) is 2.66. The Bertz CT molecular complexity index is 997. The average molecular weight is 393 g/mol. The Morgan fingerprint density at radius 1 is 1.14 bits per heavy atom. The lowest BCUT2D eigenvalue weighted by Crippen LogP contribution is -2.18. The number of carbonyl (C=O) groups excluding carboxylic acids is 1. The van der Waals surface area contributed by atoms with Gasteiger partial charge in [0.15, 0.2) is 0 Å². The van der Waals surface area contributed by atoms with Crippen LogP contribution in [0.15, 0.2) is 76.2 Å². The minimum atomic E-state index is -0.708. The summed E-state index contributed by atoms with van der Waals surface area (Å²) >= 11 is 0. The second kappa shape index (κ2) is 9.43. The molecule has 2 aromatic carbocycles. The Kier molecular flexibility index (Phi) is 6.49. The minimum Gasteiger partial charge on any atom is -0.455 e. The van der Waals surface area contributed by atoms with Gasteiger partial charge in [0.25, 0.3) is 5.69 Å². The summed E-state index contributed by atoms with van der Waals surface area (Å²) in [5, 5.41) is 24.6. The average Bonchev–Trinajstić information content (AvgIpc) is 3.21. The summed E-state index contributed by atoms with van der Waals surface area (Å²) in [6.07, 6.45) is 1.07. The van der Waals surface area contributed by atoms with Crippen LogP contribution in [0.5, 0.6) is 0 Å². The SMILES string of the molecule is O=C(CC[C@@H](O)c1ccccc1)N/N=C\c1ccc(-c2ccc([N+](=O)[O-])cc2)o1. The van der Waals surface area contributed by atoms with Gasteiger partial charge < -0.3 is 9.52 Å². The molecule has 148 valence electrons. The van der Waals surface area contributed by atoms with Crippen molar-refractivity contribution in [3.8, 4) is 11.3 Å². The van der Waals surface area contributed by atoms with Crippen LogP contribution in [0.1, 0.15) is 30.3 Å². The number of hydrazone groups is 1.